The number of aliphatic hydroxyl groups excluding tert-OH is 1. The molecule has 106 valence electrons. The van der Waals surface area contributed by atoms with Crippen LogP contribution in [-0.2, 0) is 0 Å². The molecule has 3 nitrogen and oxygen atoms in total. The van der Waals surface area contributed by atoms with Crippen molar-refractivity contribution in [1.29, 1.82) is 0 Å². The van der Waals surface area contributed by atoms with Crippen molar-refractivity contribution in [2.45, 2.75) is 56.8 Å². The summed E-state index contributed by atoms with van der Waals surface area (Å²) in [5.41, 5.74) is 7.91. The molecular formula is C15H22ClNO2. The lowest BCUT2D eigenvalue weighted by Crippen LogP contribution is -2.58. The molecule has 4 heteroatoms. The molecule has 0 radical (unpaired) electrons. The first-order chi connectivity index (χ1) is 8.62. The van der Waals surface area contributed by atoms with Gasteiger partial charge >= 0.3 is 0 Å². The number of ether oxygens (including phenoxy) is 1. The summed E-state index contributed by atoms with van der Waals surface area (Å²) in [6.07, 6.45) is 4.84. The van der Waals surface area contributed by atoms with Crippen LogP contribution in [0.1, 0.15) is 49.3 Å². The molecule has 0 amide bonds. The molecule has 0 bridgehead atoms. The van der Waals surface area contributed by atoms with Crippen molar-refractivity contribution in [3.63, 3.8) is 0 Å². The molecule has 1 saturated carbocycles. The first-order valence-electron chi connectivity index (χ1n) is 6.86. The van der Waals surface area contributed by atoms with Crippen LogP contribution in [-0.4, -0.2) is 16.7 Å². The number of aryl methyl sites for hydroxylation is 1. The molecule has 0 saturated heterocycles. The Morgan fingerprint density at radius 3 is 2.63 bits per heavy atom. The summed E-state index contributed by atoms with van der Waals surface area (Å²) in [4.78, 5) is 0. The van der Waals surface area contributed by atoms with E-state index in [2.05, 4.69) is 0 Å². The van der Waals surface area contributed by atoms with E-state index < -0.39 is 6.10 Å². The molecular weight excluding hydrogens is 262 g/mol. The van der Waals surface area contributed by atoms with Gasteiger partial charge in [0, 0.05) is 5.56 Å². The summed E-state index contributed by atoms with van der Waals surface area (Å²) in [6.45, 7) is 2.04. The smallest absolute Gasteiger partial charge is 0.127 e. The number of halogens is 1. The van der Waals surface area contributed by atoms with Crippen molar-refractivity contribution >= 4 is 12.4 Å². The van der Waals surface area contributed by atoms with Crippen LogP contribution in [0.2, 0.25) is 0 Å². The maximum atomic E-state index is 10.4. The minimum atomic E-state index is -0.604. The molecule has 2 unspecified atom stereocenters. The lowest BCUT2D eigenvalue weighted by Gasteiger charge is -2.47. The van der Waals surface area contributed by atoms with Crippen LogP contribution in [0.3, 0.4) is 0 Å². The molecule has 3 rings (SSSR count). The number of benzene rings is 1. The molecule has 1 fully saturated rings. The van der Waals surface area contributed by atoms with E-state index in [1.165, 1.54) is 6.42 Å². The zero-order valence-corrected chi connectivity index (χ0v) is 12.1. The van der Waals surface area contributed by atoms with Crippen LogP contribution >= 0.6 is 12.4 Å². The Hall–Kier alpha value is -0.770. The minimum Gasteiger partial charge on any atom is -0.485 e. The average Bonchev–Trinajstić information content (AvgIpc) is 2.37. The molecule has 2 aliphatic rings. The standard InChI is InChI=1S/C15H21NO2.ClH/c1-10-5-6-11-12(9-10)18-15(14(16)13(11)17)7-3-2-4-8-15;/h5-6,9,13-14,17H,2-4,7-8,16H2,1H3;1H. The molecule has 3 N–H and O–H groups in total. The van der Waals surface area contributed by atoms with E-state index in [0.717, 1.165) is 42.6 Å². The van der Waals surface area contributed by atoms with Gasteiger partial charge in [-0.1, -0.05) is 18.6 Å². The highest BCUT2D eigenvalue weighted by Crippen LogP contribution is 2.45. The van der Waals surface area contributed by atoms with Gasteiger partial charge < -0.3 is 15.6 Å². The van der Waals surface area contributed by atoms with Gasteiger partial charge in [0.15, 0.2) is 0 Å². The van der Waals surface area contributed by atoms with Gasteiger partial charge in [0.1, 0.15) is 17.5 Å². The second-order valence-corrected chi connectivity index (χ2v) is 5.74. The van der Waals surface area contributed by atoms with Gasteiger partial charge in [0.2, 0.25) is 0 Å². The number of hydrogen-bond donors (Lipinski definition) is 2. The third kappa shape index (κ3) is 2.35. The van der Waals surface area contributed by atoms with Crippen LogP contribution < -0.4 is 10.5 Å². The highest BCUT2D eigenvalue weighted by molar-refractivity contribution is 5.85. The number of aliphatic hydroxyl groups is 1. The fourth-order valence-corrected chi connectivity index (χ4v) is 3.33. The van der Waals surface area contributed by atoms with Crippen molar-refractivity contribution in [3.8, 4) is 5.75 Å². The van der Waals surface area contributed by atoms with Crippen molar-refractivity contribution in [2.24, 2.45) is 5.73 Å². The van der Waals surface area contributed by atoms with Crippen LogP contribution in [0.25, 0.3) is 0 Å². The summed E-state index contributed by atoms with van der Waals surface area (Å²) in [7, 11) is 0. The maximum absolute atomic E-state index is 10.4. The van der Waals surface area contributed by atoms with Gasteiger partial charge in [-0.05, 0) is 44.2 Å². The molecule has 1 spiro atoms. The topological polar surface area (TPSA) is 55.5 Å². The third-order valence-corrected chi connectivity index (χ3v) is 4.45. The normalized spacial score (nSPS) is 28.2. The SMILES string of the molecule is Cc1ccc2c(c1)OC1(CCCCC1)C(N)C2O.Cl. The van der Waals surface area contributed by atoms with Crippen LogP contribution in [0.4, 0.5) is 0 Å². The molecule has 1 heterocycles. The largest absolute Gasteiger partial charge is 0.485 e. The highest BCUT2D eigenvalue weighted by atomic mass is 35.5. The lowest BCUT2D eigenvalue weighted by atomic mass is 9.74. The molecule has 1 aromatic carbocycles. The Morgan fingerprint density at radius 1 is 1.26 bits per heavy atom. The van der Waals surface area contributed by atoms with Gasteiger partial charge in [0.25, 0.3) is 0 Å². The van der Waals surface area contributed by atoms with E-state index >= 15 is 0 Å². The lowest BCUT2D eigenvalue weighted by molar-refractivity contribution is -0.0582. The fraction of sp³-hybridized carbons (Fsp3) is 0.600. The Labute approximate surface area is 120 Å². The van der Waals surface area contributed by atoms with Crippen molar-refractivity contribution < 1.29 is 9.84 Å². The molecule has 1 aliphatic carbocycles. The van der Waals surface area contributed by atoms with E-state index in [1.54, 1.807) is 0 Å². The van der Waals surface area contributed by atoms with E-state index in [0.29, 0.717) is 0 Å². The summed E-state index contributed by atoms with van der Waals surface area (Å²) in [6, 6.07) is 5.64. The summed E-state index contributed by atoms with van der Waals surface area (Å²) >= 11 is 0. The summed E-state index contributed by atoms with van der Waals surface area (Å²) < 4.78 is 6.24. The molecule has 1 aromatic rings. The average molecular weight is 284 g/mol. The van der Waals surface area contributed by atoms with Crippen molar-refractivity contribution in [1.82, 2.24) is 0 Å². The fourth-order valence-electron chi connectivity index (χ4n) is 3.33. The van der Waals surface area contributed by atoms with E-state index in [9.17, 15) is 5.11 Å². The molecule has 19 heavy (non-hydrogen) atoms. The van der Waals surface area contributed by atoms with Crippen molar-refractivity contribution in [2.75, 3.05) is 0 Å². The second kappa shape index (κ2) is 5.31. The van der Waals surface area contributed by atoms with Gasteiger partial charge in [0.05, 0.1) is 6.04 Å². The molecule has 1 aliphatic heterocycles. The Balaban J connectivity index is 0.00000133. The van der Waals surface area contributed by atoms with Crippen molar-refractivity contribution in [3.05, 3.63) is 29.3 Å². The molecule has 0 aromatic heterocycles. The predicted octanol–water partition coefficient (Wildman–Crippen LogP) is 2.87. The monoisotopic (exact) mass is 283 g/mol. The quantitative estimate of drug-likeness (QED) is 0.770. The van der Waals surface area contributed by atoms with Crippen LogP contribution in [0.5, 0.6) is 5.75 Å². The maximum Gasteiger partial charge on any atom is 0.127 e. The van der Waals surface area contributed by atoms with E-state index in [1.807, 2.05) is 25.1 Å². The first-order valence-corrected chi connectivity index (χ1v) is 6.86. The zero-order chi connectivity index (χ0) is 12.8. The Bertz CT molecular complexity index is 457. The van der Waals surface area contributed by atoms with E-state index in [4.69, 9.17) is 10.5 Å². The van der Waals surface area contributed by atoms with E-state index in [-0.39, 0.29) is 24.0 Å². The Kier molecular flexibility index (Phi) is 4.09. The number of nitrogens with two attached hydrogens (primary N) is 1. The highest BCUT2D eigenvalue weighted by Gasteiger charge is 2.47. The summed E-state index contributed by atoms with van der Waals surface area (Å²) in [5, 5.41) is 10.4. The van der Waals surface area contributed by atoms with Gasteiger partial charge in [-0.15, -0.1) is 12.4 Å². The Morgan fingerprint density at radius 2 is 1.95 bits per heavy atom. The third-order valence-electron chi connectivity index (χ3n) is 4.45. The zero-order valence-electron chi connectivity index (χ0n) is 11.3. The van der Waals surface area contributed by atoms with Gasteiger partial charge in [-0.2, -0.15) is 0 Å². The van der Waals surface area contributed by atoms with Crippen LogP contribution in [0.15, 0.2) is 18.2 Å². The molecule has 2 atom stereocenters. The predicted molar refractivity (Wildman–Crippen MR) is 77.8 cm³/mol. The van der Waals surface area contributed by atoms with Crippen LogP contribution in [0, 0.1) is 6.92 Å². The van der Waals surface area contributed by atoms with Gasteiger partial charge in [-0.25, -0.2) is 0 Å². The summed E-state index contributed by atoms with van der Waals surface area (Å²) in [5.74, 6) is 0.825. The minimum absolute atomic E-state index is 0. The number of hydrogen-bond acceptors (Lipinski definition) is 3. The number of fused-ring (bicyclic) bond motifs is 1. The van der Waals surface area contributed by atoms with Gasteiger partial charge in [-0.3, -0.25) is 0 Å². The first kappa shape index (κ1) is 14.6. The second-order valence-electron chi connectivity index (χ2n) is 5.74. The number of rotatable bonds is 0.